The number of carboxylic acids is 1. The third kappa shape index (κ3) is 2.91. The molecule has 2 rings (SSSR count). The average molecular weight is 252 g/mol. The predicted molar refractivity (Wildman–Crippen MR) is 69.5 cm³/mol. The molecule has 3 atom stereocenters. The molecule has 1 aliphatic carbocycles. The molecule has 1 unspecified atom stereocenters. The van der Waals surface area contributed by atoms with Crippen LogP contribution in [-0.2, 0) is 11.2 Å². The molecular formula is C15H20O3. The van der Waals surface area contributed by atoms with Crippen LogP contribution >= 0.6 is 0 Å². The molecule has 3 heteroatoms. The molecule has 2 N–H and O–H groups in total. The van der Waals surface area contributed by atoms with E-state index in [1.54, 1.807) is 24.3 Å². The van der Waals surface area contributed by atoms with Crippen molar-refractivity contribution in [1.29, 1.82) is 0 Å². The van der Waals surface area contributed by atoms with E-state index >= 15 is 0 Å². The Labute approximate surface area is 112 Å². The number of rotatable bonds is 4. The van der Waals surface area contributed by atoms with Crippen molar-refractivity contribution in [1.82, 2.24) is 0 Å². The summed E-state index contributed by atoms with van der Waals surface area (Å²) in [5.41, 5.74) is 1.29. The van der Waals surface area contributed by atoms with Gasteiger partial charge in [0.15, 0.2) is 0 Å². The first-order valence-corrected chi connectivity index (χ1v) is 6.28. The number of aliphatic carboxylic acids is 1. The Bertz CT molecular complexity index is 496. The molecule has 98 valence electrons. The topological polar surface area (TPSA) is 57.5 Å². The summed E-state index contributed by atoms with van der Waals surface area (Å²) in [7, 11) is 0. The zero-order valence-electron chi connectivity index (χ0n) is 13.2. The molecule has 0 spiro atoms. The lowest BCUT2D eigenvalue weighted by atomic mass is 9.94. The molecular weight excluding hydrogens is 229 g/mol. The summed E-state index contributed by atoms with van der Waals surface area (Å²) in [6.45, 7) is -2.56. The lowest BCUT2D eigenvalue weighted by molar-refractivity contribution is -0.138. The Morgan fingerprint density at radius 3 is 2.67 bits per heavy atom. The third-order valence-electron chi connectivity index (χ3n) is 3.68. The molecule has 0 radical (unpaired) electrons. The minimum Gasteiger partial charge on any atom is -0.481 e. The summed E-state index contributed by atoms with van der Waals surface area (Å²) in [6.07, 6.45) is 3.34. The number of aliphatic hydroxyl groups excluding tert-OH is 1. The van der Waals surface area contributed by atoms with Crippen LogP contribution in [0.3, 0.4) is 0 Å². The SMILES string of the molecule is [2H][13C]([2H])([2H])C(C(=O)O)c1ccc(C[C@@H]2CCC[C@H]2O)cc1. The van der Waals surface area contributed by atoms with E-state index in [0.29, 0.717) is 5.56 Å². The van der Waals surface area contributed by atoms with Crippen LogP contribution in [0, 0.1) is 5.92 Å². The van der Waals surface area contributed by atoms with Gasteiger partial charge in [0.1, 0.15) is 0 Å². The number of carboxylic acid groups (broad SMARTS) is 1. The van der Waals surface area contributed by atoms with E-state index in [1.807, 2.05) is 0 Å². The fourth-order valence-corrected chi connectivity index (χ4v) is 2.55. The van der Waals surface area contributed by atoms with Crippen molar-refractivity contribution in [3.8, 4) is 0 Å². The Morgan fingerprint density at radius 1 is 1.44 bits per heavy atom. The molecule has 3 nitrogen and oxygen atoms in total. The Hall–Kier alpha value is -1.35. The van der Waals surface area contributed by atoms with Crippen LogP contribution in [0.15, 0.2) is 24.3 Å². The first-order chi connectivity index (χ1) is 9.79. The number of aliphatic hydroxyl groups is 1. The van der Waals surface area contributed by atoms with Crippen molar-refractivity contribution in [2.24, 2.45) is 5.92 Å². The summed E-state index contributed by atoms with van der Waals surface area (Å²) in [6, 6.07) is 6.67. The smallest absolute Gasteiger partial charge is 0.310 e. The Kier molecular flexibility index (Phi) is 2.94. The van der Waals surface area contributed by atoms with Crippen molar-refractivity contribution >= 4 is 5.97 Å². The minimum absolute atomic E-state index is 0.244. The maximum atomic E-state index is 11.2. The zero-order chi connectivity index (χ0) is 15.6. The maximum absolute atomic E-state index is 11.2. The van der Waals surface area contributed by atoms with Crippen molar-refractivity contribution in [2.45, 2.75) is 44.6 Å². The first-order valence-electron chi connectivity index (χ1n) is 7.78. The molecule has 1 aromatic carbocycles. The van der Waals surface area contributed by atoms with Crippen molar-refractivity contribution in [3.05, 3.63) is 35.4 Å². The summed E-state index contributed by atoms with van der Waals surface area (Å²) in [5, 5.41) is 18.9. The van der Waals surface area contributed by atoms with Gasteiger partial charge in [0.2, 0.25) is 0 Å². The van der Waals surface area contributed by atoms with Gasteiger partial charge < -0.3 is 10.2 Å². The Balaban J connectivity index is 2.12. The van der Waals surface area contributed by atoms with Crippen molar-refractivity contribution in [3.63, 3.8) is 0 Å². The van der Waals surface area contributed by atoms with Crippen LogP contribution < -0.4 is 0 Å². The van der Waals surface area contributed by atoms with Gasteiger partial charge in [0.05, 0.1) is 12.0 Å². The summed E-state index contributed by atoms with van der Waals surface area (Å²) >= 11 is 0. The molecule has 1 saturated carbocycles. The normalized spacial score (nSPS) is 28.2. The molecule has 18 heavy (non-hydrogen) atoms. The van der Waals surface area contributed by atoms with Gasteiger partial charge in [-0.2, -0.15) is 0 Å². The van der Waals surface area contributed by atoms with Gasteiger partial charge >= 0.3 is 5.97 Å². The lowest BCUT2D eigenvalue weighted by Gasteiger charge is -2.15. The van der Waals surface area contributed by atoms with Crippen LogP contribution in [-0.4, -0.2) is 22.3 Å². The predicted octanol–water partition coefficient (Wildman–Crippen LogP) is 2.58. The average Bonchev–Trinajstić information content (AvgIpc) is 2.75. The van der Waals surface area contributed by atoms with Crippen LogP contribution in [0.25, 0.3) is 0 Å². The van der Waals surface area contributed by atoms with Gasteiger partial charge in [-0.1, -0.05) is 30.7 Å². The van der Waals surface area contributed by atoms with E-state index in [9.17, 15) is 9.90 Å². The van der Waals surface area contributed by atoms with E-state index in [2.05, 4.69) is 0 Å². The molecule has 0 heterocycles. The number of benzene rings is 1. The maximum Gasteiger partial charge on any atom is 0.310 e. The second-order valence-electron chi connectivity index (χ2n) is 4.98. The fourth-order valence-electron chi connectivity index (χ4n) is 2.55. The molecule has 1 aliphatic rings. The fraction of sp³-hybridized carbons (Fsp3) is 0.533. The van der Waals surface area contributed by atoms with Crippen molar-refractivity contribution < 1.29 is 19.1 Å². The van der Waals surface area contributed by atoms with Gasteiger partial charge in [-0.15, -0.1) is 0 Å². The van der Waals surface area contributed by atoms with Gasteiger partial charge in [0, 0.05) is 4.11 Å². The molecule has 0 aromatic heterocycles. The van der Waals surface area contributed by atoms with E-state index in [1.165, 1.54) is 0 Å². The molecule has 1 fully saturated rings. The summed E-state index contributed by atoms with van der Waals surface area (Å²) in [4.78, 5) is 11.2. The molecule has 0 bridgehead atoms. The summed E-state index contributed by atoms with van der Waals surface area (Å²) < 4.78 is 22.0. The van der Waals surface area contributed by atoms with E-state index in [4.69, 9.17) is 9.22 Å². The lowest BCUT2D eigenvalue weighted by Crippen LogP contribution is -2.15. The van der Waals surface area contributed by atoms with E-state index < -0.39 is 18.7 Å². The molecule has 1 aromatic rings. The highest BCUT2D eigenvalue weighted by atomic mass is 16.4. The van der Waals surface area contributed by atoms with Crippen LogP contribution in [0.1, 0.15) is 47.3 Å². The van der Waals surface area contributed by atoms with E-state index in [0.717, 1.165) is 31.2 Å². The standard InChI is InChI=1S/C15H20O3/c1-10(15(17)18)12-7-5-11(6-8-12)9-13-3-2-4-14(13)16/h5-8,10,13-14,16H,2-4,9H2,1H3,(H,17,18)/t10?,13-,14+/m0/s1/i1+1D3. The number of hydrogen-bond acceptors (Lipinski definition) is 2. The highest BCUT2D eigenvalue weighted by molar-refractivity contribution is 5.75. The minimum atomic E-state index is -2.56. The molecule has 0 aliphatic heterocycles. The van der Waals surface area contributed by atoms with Crippen LogP contribution in [0.2, 0.25) is 0 Å². The van der Waals surface area contributed by atoms with Crippen LogP contribution in [0.5, 0.6) is 0 Å². The highest BCUT2D eigenvalue weighted by Crippen LogP contribution is 2.29. The van der Waals surface area contributed by atoms with E-state index in [-0.39, 0.29) is 12.0 Å². The second kappa shape index (κ2) is 5.53. The summed E-state index contributed by atoms with van der Waals surface area (Å²) in [5.74, 6) is -2.59. The third-order valence-corrected chi connectivity index (χ3v) is 3.68. The quantitative estimate of drug-likeness (QED) is 0.810. The monoisotopic (exact) mass is 252 g/mol. The largest absolute Gasteiger partial charge is 0.481 e. The van der Waals surface area contributed by atoms with Gasteiger partial charge in [-0.05, 0) is 43.2 Å². The van der Waals surface area contributed by atoms with Crippen molar-refractivity contribution in [2.75, 3.05) is 0 Å². The molecule has 0 amide bonds. The highest BCUT2D eigenvalue weighted by Gasteiger charge is 2.25. The van der Waals surface area contributed by atoms with Crippen LogP contribution in [0.4, 0.5) is 0 Å². The number of carbonyl (C=O) groups is 1. The van der Waals surface area contributed by atoms with Gasteiger partial charge in [-0.25, -0.2) is 0 Å². The molecule has 0 saturated heterocycles. The van der Waals surface area contributed by atoms with Gasteiger partial charge in [-0.3, -0.25) is 4.79 Å². The second-order valence-corrected chi connectivity index (χ2v) is 4.98. The number of hydrogen-bond donors (Lipinski definition) is 2. The van der Waals surface area contributed by atoms with Gasteiger partial charge in [0.25, 0.3) is 0 Å². The first kappa shape index (κ1) is 9.56. The Morgan fingerprint density at radius 2 is 2.17 bits per heavy atom. The zero-order valence-corrected chi connectivity index (χ0v) is 10.2.